The van der Waals surface area contributed by atoms with Gasteiger partial charge in [-0.25, -0.2) is 9.97 Å². The first-order valence-corrected chi connectivity index (χ1v) is 3.37. The number of H-pyrrole nitrogens is 1. The molecule has 0 atom stereocenters. The van der Waals surface area contributed by atoms with Crippen molar-refractivity contribution in [2.24, 2.45) is 0 Å². The molecular weight excluding hydrogens is 140 g/mol. The smallest absolute Gasteiger partial charge is 0.157 e. The highest BCUT2D eigenvalue weighted by Gasteiger charge is 1.96. The van der Waals surface area contributed by atoms with E-state index in [1.807, 2.05) is 13.1 Å². The number of imidazole rings is 1. The molecule has 0 aliphatic heterocycles. The molecule has 0 radical (unpaired) electrons. The van der Waals surface area contributed by atoms with Crippen LogP contribution in [-0.2, 0) is 0 Å². The van der Waals surface area contributed by atoms with Gasteiger partial charge in [0.15, 0.2) is 5.65 Å². The van der Waals surface area contributed by atoms with Crippen molar-refractivity contribution < 1.29 is 0 Å². The first-order chi connectivity index (χ1) is 5.40. The molecule has 0 spiro atoms. The number of fused-ring (bicyclic) bond motifs is 1. The van der Waals surface area contributed by atoms with Crippen molar-refractivity contribution in [1.82, 2.24) is 15.0 Å². The van der Waals surface area contributed by atoms with E-state index in [9.17, 15) is 0 Å². The van der Waals surface area contributed by atoms with E-state index in [0.717, 1.165) is 16.9 Å². The normalized spacial score (nSPS) is 10.3. The molecule has 2 aromatic heterocycles. The molecule has 4 heteroatoms. The summed E-state index contributed by atoms with van der Waals surface area (Å²) in [5.41, 5.74) is 2.69. The van der Waals surface area contributed by atoms with Gasteiger partial charge in [-0.1, -0.05) is 0 Å². The maximum atomic E-state index is 4.13. The molecule has 0 bridgehead atoms. The predicted molar refractivity (Wildman–Crippen MR) is 43.4 cm³/mol. The van der Waals surface area contributed by atoms with Crippen LogP contribution in [0.2, 0.25) is 0 Å². The molecule has 0 aliphatic rings. The van der Waals surface area contributed by atoms with Crippen molar-refractivity contribution in [2.45, 2.75) is 0 Å². The van der Waals surface area contributed by atoms with Crippen LogP contribution >= 0.6 is 0 Å². The van der Waals surface area contributed by atoms with E-state index in [2.05, 4.69) is 20.3 Å². The van der Waals surface area contributed by atoms with Gasteiger partial charge < -0.3 is 10.3 Å². The topological polar surface area (TPSA) is 53.6 Å². The van der Waals surface area contributed by atoms with E-state index in [4.69, 9.17) is 0 Å². The minimum absolute atomic E-state index is 0.823. The first kappa shape index (κ1) is 6.15. The van der Waals surface area contributed by atoms with Crippen molar-refractivity contribution in [3.63, 3.8) is 0 Å². The third kappa shape index (κ3) is 0.920. The van der Waals surface area contributed by atoms with Crippen LogP contribution in [0.25, 0.3) is 11.2 Å². The van der Waals surface area contributed by atoms with Gasteiger partial charge in [-0.05, 0) is 6.07 Å². The van der Waals surface area contributed by atoms with Gasteiger partial charge in [0.2, 0.25) is 0 Å². The second-order valence-corrected chi connectivity index (χ2v) is 2.24. The first-order valence-electron chi connectivity index (χ1n) is 3.37. The Bertz CT molecular complexity index is 365. The molecule has 2 aromatic rings. The zero-order valence-corrected chi connectivity index (χ0v) is 6.13. The molecule has 0 aliphatic carbocycles. The number of pyridine rings is 1. The van der Waals surface area contributed by atoms with Crippen LogP contribution in [0.1, 0.15) is 0 Å². The number of nitrogens with zero attached hydrogens (tertiary/aromatic N) is 2. The molecule has 11 heavy (non-hydrogen) atoms. The maximum absolute atomic E-state index is 4.13. The SMILES string of the molecule is CNc1cnc2[nH]cnc2c1. The molecule has 0 fully saturated rings. The summed E-state index contributed by atoms with van der Waals surface area (Å²) < 4.78 is 0. The van der Waals surface area contributed by atoms with Crippen LogP contribution in [-0.4, -0.2) is 22.0 Å². The average Bonchev–Trinajstić information content (AvgIpc) is 2.50. The summed E-state index contributed by atoms with van der Waals surface area (Å²) in [5.74, 6) is 0. The minimum atomic E-state index is 0.823. The Balaban J connectivity index is 2.67. The number of aromatic nitrogens is 3. The average molecular weight is 148 g/mol. The molecule has 0 unspecified atom stereocenters. The number of rotatable bonds is 1. The van der Waals surface area contributed by atoms with Crippen molar-refractivity contribution in [2.75, 3.05) is 12.4 Å². The van der Waals surface area contributed by atoms with Crippen LogP contribution in [0.4, 0.5) is 5.69 Å². The fraction of sp³-hybridized carbons (Fsp3) is 0.143. The number of aromatic amines is 1. The molecular formula is C7H8N4. The maximum Gasteiger partial charge on any atom is 0.157 e. The third-order valence-corrected chi connectivity index (χ3v) is 1.56. The largest absolute Gasteiger partial charge is 0.387 e. The Morgan fingerprint density at radius 3 is 3.18 bits per heavy atom. The predicted octanol–water partition coefficient (Wildman–Crippen LogP) is 1.000. The quantitative estimate of drug-likeness (QED) is 0.634. The van der Waals surface area contributed by atoms with E-state index >= 15 is 0 Å². The summed E-state index contributed by atoms with van der Waals surface area (Å²) in [5, 5.41) is 2.99. The van der Waals surface area contributed by atoms with E-state index in [-0.39, 0.29) is 0 Å². The van der Waals surface area contributed by atoms with E-state index in [1.54, 1.807) is 12.5 Å². The lowest BCUT2D eigenvalue weighted by Gasteiger charge is -1.95. The van der Waals surface area contributed by atoms with Gasteiger partial charge in [0.05, 0.1) is 18.2 Å². The molecule has 0 saturated heterocycles. The number of nitrogens with one attached hydrogen (secondary N) is 2. The van der Waals surface area contributed by atoms with Crippen molar-refractivity contribution in [3.8, 4) is 0 Å². The summed E-state index contributed by atoms with van der Waals surface area (Å²) in [4.78, 5) is 11.1. The fourth-order valence-electron chi connectivity index (χ4n) is 0.962. The minimum Gasteiger partial charge on any atom is -0.387 e. The molecule has 0 amide bonds. The number of anilines is 1. The summed E-state index contributed by atoms with van der Waals surface area (Å²) in [6.07, 6.45) is 3.40. The monoisotopic (exact) mass is 148 g/mol. The lowest BCUT2D eigenvalue weighted by molar-refractivity contribution is 1.30. The Morgan fingerprint density at radius 2 is 2.36 bits per heavy atom. The van der Waals surface area contributed by atoms with Crippen LogP contribution in [0.5, 0.6) is 0 Å². The highest BCUT2D eigenvalue weighted by molar-refractivity contribution is 5.73. The van der Waals surface area contributed by atoms with Gasteiger partial charge in [0.25, 0.3) is 0 Å². The summed E-state index contributed by atoms with van der Waals surface area (Å²) >= 11 is 0. The second-order valence-electron chi connectivity index (χ2n) is 2.24. The van der Waals surface area contributed by atoms with Crippen LogP contribution in [0.3, 0.4) is 0 Å². The van der Waals surface area contributed by atoms with Crippen LogP contribution in [0, 0.1) is 0 Å². The lowest BCUT2D eigenvalue weighted by atomic mass is 10.4. The van der Waals surface area contributed by atoms with Crippen molar-refractivity contribution in [3.05, 3.63) is 18.6 Å². The van der Waals surface area contributed by atoms with E-state index in [0.29, 0.717) is 0 Å². The molecule has 4 nitrogen and oxygen atoms in total. The third-order valence-electron chi connectivity index (χ3n) is 1.56. The van der Waals surface area contributed by atoms with Crippen molar-refractivity contribution >= 4 is 16.9 Å². The Hall–Kier alpha value is -1.58. The molecule has 2 N–H and O–H groups in total. The molecule has 0 aromatic carbocycles. The second kappa shape index (κ2) is 2.23. The Kier molecular flexibility index (Phi) is 1.25. The zero-order valence-electron chi connectivity index (χ0n) is 6.13. The van der Waals surface area contributed by atoms with Crippen LogP contribution < -0.4 is 5.32 Å². The van der Waals surface area contributed by atoms with E-state index in [1.165, 1.54) is 0 Å². The highest BCUT2D eigenvalue weighted by atomic mass is 15.0. The van der Waals surface area contributed by atoms with Gasteiger partial charge in [-0.2, -0.15) is 0 Å². The standard InChI is InChI=1S/C7H8N4/c1-8-5-2-6-7(9-3-5)11-4-10-6/h2-4,8H,1H3,(H,9,10,11). The molecule has 2 rings (SSSR count). The van der Waals surface area contributed by atoms with Gasteiger partial charge in [-0.3, -0.25) is 0 Å². The van der Waals surface area contributed by atoms with E-state index < -0.39 is 0 Å². The molecule has 2 heterocycles. The van der Waals surface area contributed by atoms with Gasteiger partial charge in [0.1, 0.15) is 5.52 Å². The Labute approximate surface area is 63.7 Å². The fourth-order valence-corrected chi connectivity index (χ4v) is 0.962. The number of hydrogen-bond donors (Lipinski definition) is 2. The van der Waals surface area contributed by atoms with Crippen molar-refractivity contribution in [1.29, 1.82) is 0 Å². The lowest BCUT2D eigenvalue weighted by Crippen LogP contribution is -1.88. The van der Waals surface area contributed by atoms with Crippen LogP contribution in [0.15, 0.2) is 18.6 Å². The van der Waals surface area contributed by atoms with Gasteiger partial charge in [-0.15, -0.1) is 0 Å². The van der Waals surface area contributed by atoms with Gasteiger partial charge in [0, 0.05) is 7.05 Å². The number of hydrogen-bond acceptors (Lipinski definition) is 3. The Morgan fingerprint density at radius 1 is 1.45 bits per heavy atom. The summed E-state index contributed by atoms with van der Waals surface area (Å²) in [7, 11) is 1.86. The highest BCUT2D eigenvalue weighted by Crippen LogP contribution is 2.11. The molecule has 0 saturated carbocycles. The summed E-state index contributed by atoms with van der Waals surface area (Å²) in [6.45, 7) is 0. The molecule has 56 valence electrons. The van der Waals surface area contributed by atoms with Gasteiger partial charge >= 0.3 is 0 Å². The zero-order chi connectivity index (χ0) is 7.68. The summed E-state index contributed by atoms with van der Waals surface area (Å²) in [6, 6.07) is 1.94.